The molecule has 10 rings (SSSR count). The number of anilines is 2. The van der Waals surface area contributed by atoms with E-state index in [1.165, 1.54) is 24.8 Å². The summed E-state index contributed by atoms with van der Waals surface area (Å²) in [4.78, 5) is 32.8. The molecule has 4 aliphatic heterocycles. The molecular formula is C46H56N7O4+. The zero-order valence-corrected chi connectivity index (χ0v) is 33.4. The first-order chi connectivity index (χ1) is 27.6. The number of hydrogen-bond donors (Lipinski definition) is 4. The molecule has 4 saturated heterocycles. The van der Waals surface area contributed by atoms with Crippen molar-refractivity contribution < 1.29 is 23.5 Å². The fraction of sp³-hybridized carbons (Fsp3) is 0.457. The molecule has 11 heteroatoms. The summed E-state index contributed by atoms with van der Waals surface area (Å²) in [6.07, 6.45) is 8.66. The zero-order valence-electron chi connectivity index (χ0n) is 33.4. The van der Waals surface area contributed by atoms with Gasteiger partial charge in [-0.3, -0.25) is 24.5 Å². The summed E-state index contributed by atoms with van der Waals surface area (Å²) in [5, 5.41) is 15.1. The van der Waals surface area contributed by atoms with E-state index in [9.17, 15) is 9.59 Å². The Kier molecular flexibility index (Phi) is 10.1. The molecule has 0 radical (unpaired) electrons. The van der Waals surface area contributed by atoms with Crippen LogP contribution in [0.5, 0.6) is 0 Å². The Morgan fingerprint density at radius 2 is 1.81 bits per heavy atom. The van der Waals surface area contributed by atoms with Gasteiger partial charge in [-0.2, -0.15) is 0 Å². The van der Waals surface area contributed by atoms with Gasteiger partial charge in [-0.05, 0) is 103 Å². The average Bonchev–Trinajstić information content (AvgIpc) is 3.93. The van der Waals surface area contributed by atoms with E-state index in [1.54, 1.807) is 0 Å². The Morgan fingerprint density at radius 1 is 1.02 bits per heavy atom. The first-order valence-corrected chi connectivity index (χ1v) is 20.7. The highest BCUT2D eigenvalue weighted by Crippen LogP contribution is 2.71. The van der Waals surface area contributed by atoms with Gasteiger partial charge in [0.15, 0.2) is 0 Å². The molecule has 4 N–H and O–H groups in total. The lowest BCUT2D eigenvalue weighted by atomic mass is 9.68. The first kappa shape index (κ1) is 37.9. The largest absolute Gasteiger partial charge is 0.413 e. The number of nitrogens with one attached hydrogen (secondary N) is 4. The molecular weight excluding hydrogens is 715 g/mol. The van der Waals surface area contributed by atoms with Crippen LogP contribution in [0.2, 0.25) is 0 Å². The maximum absolute atomic E-state index is 13.5. The number of nitrogens with zero attached hydrogens (tertiary/aromatic N) is 3. The highest BCUT2D eigenvalue weighted by atomic mass is 16.6. The predicted octanol–water partition coefficient (Wildman–Crippen LogP) is 6.17. The third-order valence-corrected chi connectivity index (χ3v) is 13.7. The van der Waals surface area contributed by atoms with Crippen LogP contribution in [0.4, 0.5) is 11.4 Å². The van der Waals surface area contributed by atoms with Crippen LogP contribution in [0.3, 0.4) is 0 Å². The Hall–Kier alpha value is -4.65. The molecule has 298 valence electrons. The summed E-state index contributed by atoms with van der Waals surface area (Å²) < 4.78 is 12.1. The summed E-state index contributed by atoms with van der Waals surface area (Å²) in [5.41, 5.74) is 7.33. The maximum atomic E-state index is 13.5. The molecule has 3 bridgehead atoms. The van der Waals surface area contributed by atoms with E-state index in [2.05, 4.69) is 69.4 Å². The van der Waals surface area contributed by atoms with Crippen molar-refractivity contribution in [1.82, 2.24) is 20.5 Å². The standard InChI is InChI=1S/C46H55N7O4/c1-31-11-16-38(23-40(31)49-44-46-25-39(51-46)22-37-24-45(37,29-46)42(50-44)36-10-7-17-47-26-36)48-43(55)35-14-12-33(13-15-35)27-52-18-20-53(3,21-19-52)30-57-41(54)28-56-32(2)34-8-5-4-6-9-34/h4-17,23,26,32,37,39,42,44,49-51H,18-22,24-25,27-30H2,1-3H3/p+1. The number of aromatic nitrogens is 1. The van der Waals surface area contributed by atoms with Crippen molar-refractivity contribution in [2.24, 2.45) is 11.3 Å². The van der Waals surface area contributed by atoms with E-state index in [1.807, 2.05) is 80.0 Å². The third-order valence-electron chi connectivity index (χ3n) is 13.7. The smallest absolute Gasteiger partial charge is 0.336 e. The summed E-state index contributed by atoms with van der Waals surface area (Å²) in [6.45, 7) is 8.67. The summed E-state index contributed by atoms with van der Waals surface area (Å²) >= 11 is 0. The lowest BCUT2D eigenvalue weighted by Gasteiger charge is -2.58. The maximum Gasteiger partial charge on any atom is 0.336 e. The lowest BCUT2D eigenvalue weighted by molar-refractivity contribution is -0.929. The first-order valence-electron chi connectivity index (χ1n) is 20.7. The van der Waals surface area contributed by atoms with Crippen molar-refractivity contribution in [3.05, 3.63) is 125 Å². The van der Waals surface area contributed by atoms with E-state index >= 15 is 0 Å². The van der Waals surface area contributed by atoms with Crippen LogP contribution in [0, 0.1) is 18.3 Å². The number of esters is 1. The second-order valence-corrected chi connectivity index (χ2v) is 17.7. The minimum Gasteiger partial charge on any atom is -0.413 e. The van der Waals surface area contributed by atoms with Crippen molar-refractivity contribution in [3.8, 4) is 0 Å². The predicted molar refractivity (Wildman–Crippen MR) is 220 cm³/mol. The number of rotatable bonds is 13. The van der Waals surface area contributed by atoms with Crippen molar-refractivity contribution >= 4 is 23.3 Å². The number of benzene rings is 3. The molecule has 7 atom stereocenters. The average molecular weight is 771 g/mol. The molecule has 1 aromatic heterocycles. The number of piperazine rings is 1. The van der Waals surface area contributed by atoms with Crippen molar-refractivity contribution in [2.75, 3.05) is 57.2 Å². The fourth-order valence-corrected chi connectivity index (χ4v) is 10.2. The number of amides is 1. The van der Waals surface area contributed by atoms with Crippen LogP contribution < -0.4 is 21.3 Å². The molecule has 5 heterocycles. The Labute approximate surface area is 336 Å². The SMILES string of the molecule is Cc1ccc(NC(=O)c2ccc(CN3CC[N+](C)(COC(=O)COC(C)c4ccccc4)CC3)cc2)cc1NC1NC(c2cccnc2)C23CC2CC2CC1(C3)N2. The third kappa shape index (κ3) is 7.83. The molecule has 3 aromatic carbocycles. The number of pyridine rings is 1. The molecule has 4 aromatic rings. The minimum absolute atomic E-state index is 0.0154. The molecule has 11 nitrogen and oxygen atoms in total. The van der Waals surface area contributed by atoms with Gasteiger partial charge >= 0.3 is 5.97 Å². The van der Waals surface area contributed by atoms with Crippen LogP contribution in [-0.4, -0.2) is 90.6 Å². The van der Waals surface area contributed by atoms with Gasteiger partial charge in [-0.25, -0.2) is 4.79 Å². The highest BCUT2D eigenvalue weighted by Gasteiger charge is 2.72. The van der Waals surface area contributed by atoms with E-state index in [-0.39, 0.29) is 42.3 Å². The Bertz CT molecular complexity index is 2070. The van der Waals surface area contributed by atoms with Crippen LogP contribution in [0.25, 0.3) is 0 Å². The van der Waals surface area contributed by atoms with Gasteiger partial charge < -0.3 is 25.4 Å². The topological polar surface area (TPSA) is 117 Å². The van der Waals surface area contributed by atoms with Gasteiger partial charge in [0.25, 0.3) is 5.91 Å². The van der Waals surface area contributed by atoms with Gasteiger partial charge in [0.05, 0.1) is 37.9 Å². The van der Waals surface area contributed by atoms with E-state index in [4.69, 9.17) is 9.47 Å². The van der Waals surface area contributed by atoms with Gasteiger partial charge in [-0.1, -0.05) is 54.6 Å². The van der Waals surface area contributed by atoms with E-state index in [0.717, 1.165) is 73.1 Å². The second kappa shape index (κ2) is 15.3. The van der Waals surface area contributed by atoms with Crippen LogP contribution in [0.15, 0.2) is 97.3 Å². The number of aryl methyl sites for hydroxylation is 1. The molecule has 7 unspecified atom stereocenters. The normalized spacial score (nSPS) is 28.8. The number of quaternary nitrogens is 1. The molecule has 6 aliphatic rings. The van der Waals surface area contributed by atoms with Crippen LogP contribution in [-0.2, 0) is 20.8 Å². The minimum atomic E-state index is -0.336. The summed E-state index contributed by atoms with van der Waals surface area (Å²) in [6, 6.07) is 29.1. The Balaban J connectivity index is 0.762. The zero-order chi connectivity index (χ0) is 39.2. The lowest BCUT2D eigenvalue weighted by Crippen LogP contribution is -2.76. The highest BCUT2D eigenvalue weighted by molar-refractivity contribution is 6.04. The number of carbonyl (C=O) groups is 2. The quantitative estimate of drug-likeness (QED) is 0.0937. The van der Waals surface area contributed by atoms with Gasteiger partial charge in [0.2, 0.25) is 6.73 Å². The van der Waals surface area contributed by atoms with Crippen LogP contribution >= 0.6 is 0 Å². The molecule has 2 spiro atoms. The van der Waals surface area contributed by atoms with Crippen LogP contribution in [0.1, 0.15) is 77.4 Å². The number of likely N-dealkylation sites (N-methyl/N-ethyl adjacent to an activating group) is 1. The van der Waals surface area contributed by atoms with Crippen molar-refractivity contribution in [1.29, 1.82) is 0 Å². The summed E-state index contributed by atoms with van der Waals surface area (Å²) in [5.74, 6) is 0.299. The van der Waals surface area contributed by atoms with Gasteiger partial charge in [0, 0.05) is 61.0 Å². The van der Waals surface area contributed by atoms with E-state index < -0.39 is 0 Å². The molecule has 2 aliphatic carbocycles. The van der Waals surface area contributed by atoms with E-state index in [0.29, 0.717) is 28.2 Å². The van der Waals surface area contributed by atoms with Gasteiger partial charge in [0.1, 0.15) is 6.61 Å². The van der Waals surface area contributed by atoms with Crippen molar-refractivity contribution in [3.63, 3.8) is 0 Å². The molecule has 57 heavy (non-hydrogen) atoms. The summed E-state index contributed by atoms with van der Waals surface area (Å²) in [7, 11) is 2.14. The van der Waals surface area contributed by atoms with Crippen molar-refractivity contribution in [2.45, 2.75) is 76.0 Å². The molecule has 6 fully saturated rings. The number of piperidine rings is 1. The number of carbonyl (C=O) groups excluding carboxylic acids is 2. The monoisotopic (exact) mass is 770 g/mol. The number of ether oxygens (including phenoxy) is 2. The second-order valence-electron chi connectivity index (χ2n) is 17.7. The van der Waals surface area contributed by atoms with Gasteiger partial charge in [-0.15, -0.1) is 0 Å². The molecule has 2 saturated carbocycles. The fourth-order valence-electron chi connectivity index (χ4n) is 10.2. The Morgan fingerprint density at radius 3 is 2.56 bits per heavy atom. The number of hydrogen-bond acceptors (Lipinski definition) is 9. The molecule has 1 amide bonds.